The van der Waals surface area contributed by atoms with Crippen LogP contribution in [0.5, 0.6) is 5.75 Å². The van der Waals surface area contributed by atoms with Gasteiger partial charge in [0.15, 0.2) is 5.78 Å². The van der Waals surface area contributed by atoms with Gasteiger partial charge in [0.1, 0.15) is 26.9 Å². The number of hydrogen-bond acceptors (Lipinski definition) is 8. The number of methoxy groups -OCH3 is 3. The van der Waals surface area contributed by atoms with Crippen LogP contribution in [0.4, 0.5) is 11.4 Å². The van der Waals surface area contributed by atoms with Crippen molar-refractivity contribution < 1.29 is 33.4 Å². The summed E-state index contributed by atoms with van der Waals surface area (Å²) in [6, 6.07) is 19.7. The minimum absolute atomic E-state index is 0.0346. The highest BCUT2D eigenvalue weighted by atomic mass is 28.3. The zero-order valence-corrected chi connectivity index (χ0v) is 28.7. The molecule has 3 aromatic rings. The standard InChI is InChI=1S/C37H38N2O7Si/c1-23-18-24(37(43)39(21-34(41)45-4)22-35(42)46-5)8-15-29(23)36-30-16-11-26(38(2)25-9-13-28(44-3)14-10-25)19-32(30)47(6,7)33-20-27(40)12-17-31(33)36/h8-20H,21-22H2,1-7H3. The molecule has 0 saturated carbocycles. The van der Waals surface area contributed by atoms with Crippen molar-refractivity contribution >= 4 is 53.8 Å². The van der Waals surface area contributed by atoms with Crippen LogP contribution in [0.1, 0.15) is 27.0 Å². The van der Waals surface area contributed by atoms with Gasteiger partial charge in [-0.25, -0.2) is 0 Å². The molecular formula is C37H38N2O7Si. The number of ether oxygens (including phenoxy) is 3. The zero-order valence-electron chi connectivity index (χ0n) is 27.7. The summed E-state index contributed by atoms with van der Waals surface area (Å²) < 4.78 is 14.8. The number of rotatable bonds is 9. The van der Waals surface area contributed by atoms with Gasteiger partial charge in [-0.3, -0.25) is 19.2 Å². The second-order valence-corrected chi connectivity index (χ2v) is 16.4. The SMILES string of the molecule is COC(=O)CN(CC(=O)OC)C(=O)c1ccc(C2=C3C=CC(=O)C=C3[Si](C)(C)c3cc(N(C)c4ccc(OC)cc4)ccc32)c(C)c1. The molecule has 0 fully saturated rings. The van der Waals surface area contributed by atoms with Crippen molar-refractivity contribution in [2.75, 3.05) is 46.4 Å². The Morgan fingerprint density at radius 1 is 0.787 bits per heavy atom. The Morgan fingerprint density at radius 3 is 2.00 bits per heavy atom. The van der Waals surface area contributed by atoms with E-state index < -0.39 is 39.0 Å². The average molecular weight is 651 g/mol. The molecule has 9 nitrogen and oxygen atoms in total. The molecule has 0 N–H and O–H groups in total. The first-order chi connectivity index (χ1) is 22.4. The van der Waals surface area contributed by atoms with Crippen LogP contribution in [0.3, 0.4) is 0 Å². The number of fused-ring (bicyclic) bond motifs is 2. The summed E-state index contributed by atoms with van der Waals surface area (Å²) in [4.78, 5) is 53.6. The van der Waals surface area contributed by atoms with Crippen molar-refractivity contribution in [3.8, 4) is 5.75 Å². The van der Waals surface area contributed by atoms with Gasteiger partial charge in [0.25, 0.3) is 5.91 Å². The van der Waals surface area contributed by atoms with Crippen LogP contribution in [-0.2, 0) is 23.9 Å². The second-order valence-electron chi connectivity index (χ2n) is 12.0. The van der Waals surface area contributed by atoms with E-state index in [4.69, 9.17) is 14.2 Å². The highest BCUT2D eigenvalue weighted by molar-refractivity contribution is 6.98. The number of esters is 2. The molecule has 0 atom stereocenters. The van der Waals surface area contributed by atoms with E-state index >= 15 is 0 Å². The molecule has 2 aliphatic rings. The number of carbonyl (C=O) groups is 4. The number of hydrogen-bond donors (Lipinski definition) is 0. The normalized spacial score (nSPS) is 14.4. The number of allylic oxidation sites excluding steroid dienone is 5. The quantitative estimate of drug-likeness (QED) is 0.238. The number of ketones is 1. The predicted molar refractivity (Wildman–Crippen MR) is 184 cm³/mol. The molecule has 10 heteroatoms. The Balaban J connectivity index is 1.60. The number of amides is 1. The first-order valence-electron chi connectivity index (χ1n) is 15.1. The van der Waals surface area contributed by atoms with E-state index in [1.165, 1.54) is 19.4 Å². The van der Waals surface area contributed by atoms with Crippen molar-refractivity contribution in [1.29, 1.82) is 0 Å². The van der Waals surface area contributed by atoms with Crippen molar-refractivity contribution in [3.63, 3.8) is 0 Å². The number of carbonyl (C=O) groups excluding carboxylic acids is 4. The van der Waals surface area contributed by atoms with Crippen LogP contribution >= 0.6 is 0 Å². The molecular weight excluding hydrogens is 613 g/mol. The predicted octanol–water partition coefficient (Wildman–Crippen LogP) is 4.90. The third-order valence-electron chi connectivity index (χ3n) is 8.85. The fraction of sp³-hybridized carbons (Fsp3) is 0.243. The largest absolute Gasteiger partial charge is 0.497 e. The summed E-state index contributed by atoms with van der Waals surface area (Å²) in [5.41, 5.74) is 7.16. The maximum atomic E-state index is 13.5. The van der Waals surface area contributed by atoms with Gasteiger partial charge < -0.3 is 24.0 Å². The Morgan fingerprint density at radius 2 is 1.40 bits per heavy atom. The number of aryl methyl sites for hydroxylation is 1. The molecule has 1 heterocycles. The number of nitrogens with zero attached hydrogens (tertiary/aromatic N) is 2. The van der Waals surface area contributed by atoms with Crippen molar-refractivity contribution in [3.05, 3.63) is 112 Å². The lowest BCUT2D eigenvalue weighted by molar-refractivity contribution is -0.144. The molecule has 1 aliphatic carbocycles. The summed E-state index contributed by atoms with van der Waals surface area (Å²) in [5, 5.41) is 2.25. The second kappa shape index (κ2) is 13.3. The third kappa shape index (κ3) is 6.41. The average Bonchev–Trinajstić information content (AvgIpc) is 3.08. The Hall–Kier alpha value is -5.22. The minimum atomic E-state index is -2.35. The first-order valence-corrected chi connectivity index (χ1v) is 18.1. The third-order valence-corrected chi connectivity index (χ3v) is 12.4. The van der Waals surface area contributed by atoms with Crippen LogP contribution in [0, 0.1) is 6.92 Å². The summed E-state index contributed by atoms with van der Waals surface area (Å²) in [6.45, 7) is 5.67. The van der Waals surface area contributed by atoms with E-state index in [-0.39, 0.29) is 5.78 Å². The van der Waals surface area contributed by atoms with Gasteiger partial charge in [0.05, 0.1) is 21.3 Å². The lowest BCUT2D eigenvalue weighted by atomic mass is 9.87. The Labute approximate surface area is 275 Å². The van der Waals surface area contributed by atoms with Crippen LogP contribution in [0.15, 0.2) is 89.7 Å². The van der Waals surface area contributed by atoms with Crippen LogP contribution in [0.25, 0.3) is 5.57 Å². The smallest absolute Gasteiger partial charge is 0.325 e. The van der Waals surface area contributed by atoms with Gasteiger partial charge in [-0.05, 0) is 106 Å². The van der Waals surface area contributed by atoms with Crippen molar-refractivity contribution in [1.82, 2.24) is 4.90 Å². The molecule has 47 heavy (non-hydrogen) atoms. The van der Waals surface area contributed by atoms with Gasteiger partial charge in [-0.2, -0.15) is 0 Å². The Bertz CT molecular complexity index is 1850. The molecule has 3 aromatic carbocycles. The monoisotopic (exact) mass is 650 g/mol. The summed E-state index contributed by atoms with van der Waals surface area (Å²) in [5.74, 6) is -1.05. The highest BCUT2D eigenvalue weighted by Gasteiger charge is 2.40. The van der Waals surface area contributed by atoms with Gasteiger partial charge in [0.2, 0.25) is 0 Å². The molecule has 0 radical (unpaired) electrons. The van der Waals surface area contributed by atoms with Crippen molar-refractivity contribution in [2.45, 2.75) is 20.0 Å². The topological polar surface area (TPSA) is 102 Å². The van der Waals surface area contributed by atoms with Gasteiger partial charge >= 0.3 is 11.9 Å². The lowest BCUT2D eigenvalue weighted by Crippen LogP contribution is -2.49. The van der Waals surface area contributed by atoms with Gasteiger partial charge in [-0.15, -0.1) is 0 Å². The maximum Gasteiger partial charge on any atom is 0.325 e. The lowest BCUT2D eigenvalue weighted by Gasteiger charge is -2.38. The number of anilines is 2. The molecule has 5 rings (SSSR count). The van der Waals surface area contributed by atoms with Crippen LogP contribution in [-0.4, -0.2) is 78.1 Å². The Kier molecular flexibility index (Phi) is 9.35. The number of benzene rings is 3. The summed E-state index contributed by atoms with van der Waals surface area (Å²) in [7, 11) is 3.77. The van der Waals surface area contributed by atoms with Crippen LogP contribution < -0.4 is 14.8 Å². The first kappa shape index (κ1) is 33.1. The van der Waals surface area contributed by atoms with Gasteiger partial charge in [0, 0.05) is 24.0 Å². The molecule has 0 saturated heterocycles. The van der Waals surface area contributed by atoms with E-state index in [1.807, 2.05) is 50.4 Å². The molecule has 0 spiro atoms. The molecule has 0 bridgehead atoms. The van der Waals surface area contributed by atoms with E-state index in [9.17, 15) is 19.2 Å². The van der Waals surface area contributed by atoms with E-state index in [0.29, 0.717) is 5.56 Å². The van der Waals surface area contributed by atoms with E-state index in [2.05, 4.69) is 36.2 Å². The highest BCUT2D eigenvalue weighted by Crippen LogP contribution is 2.43. The van der Waals surface area contributed by atoms with E-state index in [0.717, 1.165) is 55.1 Å². The summed E-state index contributed by atoms with van der Waals surface area (Å²) >= 11 is 0. The molecule has 1 amide bonds. The maximum absolute atomic E-state index is 13.5. The van der Waals surface area contributed by atoms with Crippen LogP contribution in [0.2, 0.25) is 13.1 Å². The fourth-order valence-electron chi connectivity index (χ4n) is 6.17. The molecule has 1 aliphatic heterocycles. The molecule has 242 valence electrons. The minimum Gasteiger partial charge on any atom is -0.497 e. The zero-order chi connectivity index (χ0) is 34.0. The molecule has 0 aromatic heterocycles. The summed E-state index contributed by atoms with van der Waals surface area (Å²) in [6.07, 6.45) is 5.29. The van der Waals surface area contributed by atoms with Crippen molar-refractivity contribution in [2.24, 2.45) is 0 Å². The van der Waals surface area contributed by atoms with E-state index in [1.54, 1.807) is 31.4 Å². The van der Waals surface area contributed by atoms with Gasteiger partial charge in [-0.1, -0.05) is 31.3 Å². The fourth-order valence-corrected chi connectivity index (χ4v) is 9.24. The molecule has 0 unspecified atom stereocenters.